The first-order valence-electron chi connectivity index (χ1n) is 4.76. The van der Waals surface area contributed by atoms with Crippen LogP contribution in [0.3, 0.4) is 0 Å². The van der Waals surface area contributed by atoms with Crippen LogP contribution in [0.5, 0.6) is 0 Å². The van der Waals surface area contributed by atoms with Crippen LogP contribution < -0.4 is 0 Å². The van der Waals surface area contributed by atoms with Gasteiger partial charge < -0.3 is 4.90 Å². The monoisotopic (exact) mass is 179 g/mol. The van der Waals surface area contributed by atoms with Crippen molar-refractivity contribution in [3.8, 4) is 0 Å². The minimum absolute atomic E-state index is 0.236. The summed E-state index contributed by atoms with van der Waals surface area (Å²) in [5.41, 5.74) is 0. The molecule has 0 bridgehead atoms. The highest BCUT2D eigenvalue weighted by molar-refractivity contribution is 6.37. The third-order valence-electron chi connectivity index (χ3n) is 2.49. The van der Waals surface area contributed by atoms with Crippen molar-refractivity contribution < 1.29 is 9.59 Å². The van der Waals surface area contributed by atoms with E-state index in [1.54, 1.807) is 4.90 Å². The maximum Gasteiger partial charge on any atom is 0.290 e. The average molecular weight is 179 g/mol. The molecule has 0 unspecified atom stereocenters. The Hall–Kier alpha value is -1.12. The van der Waals surface area contributed by atoms with Gasteiger partial charge >= 0.3 is 0 Å². The first-order valence-corrected chi connectivity index (χ1v) is 4.76. The highest BCUT2D eigenvalue weighted by atomic mass is 16.2. The maximum atomic E-state index is 11.1. The molecule has 0 aromatic heterocycles. The average Bonchev–Trinajstić information content (AvgIpc) is 2.88. The summed E-state index contributed by atoms with van der Waals surface area (Å²) in [6.07, 6.45) is 7.12. The highest BCUT2D eigenvalue weighted by Crippen LogP contribution is 2.29. The smallest absolute Gasteiger partial charge is 0.290 e. The minimum Gasteiger partial charge on any atom is -0.332 e. The number of likely N-dealkylation sites (tertiary alicyclic amines) is 1. The van der Waals surface area contributed by atoms with Gasteiger partial charge in [0.2, 0.25) is 5.78 Å². The SMILES string of the molecule is O=C1CCN(C/C=C/C2CC2)C1=O. The van der Waals surface area contributed by atoms with E-state index in [0.29, 0.717) is 19.5 Å². The lowest BCUT2D eigenvalue weighted by Crippen LogP contribution is -2.27. The molecular formula is C10H13NO2. The van der Waals surface area contributed by atoms with Crippen LogP contribution in [0.25, 0.3) is 0 Å². The first-order chi connectivity index (χ1) is 6.27. The van der Waals surface area contributed by atoms with Gasteiger partial charge in [0.25, 0.3) is 5.91 Å². The van der Waals surface area contributed by atoms with E-state index in [9.17, 15) is 9.59 Å². The number of Topliss-reactive ketones (excluding diaryl/α,β-unsaturated/α-hetero) is 1. The standard InChI is InChI=1S/C10H13NO2/c12-9-5-7-11(10(9)13)6-1-2-8-3-4-8/h1-2,8H,3-7H2/b2-1+. The van der Waals surface area contributed by atoms with E-state index in [-0.39, 0.29) is 11.7 Å². The van der Waals surface area contributed by atoms with Crippen molar-refractivity contribution in [3.05, 3.63) is 12.2 Å². The van der Waals surface area contributed by atoms with Crippen molar-refractivity contribution in [3.63, 3.8) is 0 Å². The Balaban J connectivity index is 1.81. The highest BCUT2D eigenvalue weighted by Gasteiger charge is 2.28. The molecule has 0 aromatic carbocycles. The first kappa shape index (κ1) is 8.48. The number of nitrogens with zero attached hydrogens (tertiary/aromatic N) is 1. The van der Waals surface area contributed by atoms with E-state index >= 15 is 0 Å². The fourth-order valence-electron chi connectivity index (χ4n) is 1.46. The molecule has 1 heterocycles. The summed E-state index contributed by atoms with van der Waals surface area (Å²) in [6.45, 7) is 1.22. The predicted octanol–water partition coefficient (Wildman–Crippen LogP) is 0.754. The summed E-state index contributed by atoms with van der Waals surface area (Å²) < 4.78 is 0. The summed E-state index contributed by atoms with van der Waals surface area (Å²) in [4.78, 5) is 23.6. The van der Waals surface area contributed by atoms with E-state index in [1.807, 2.05) is 6.08 Å². The van der Waals surface area contributed by atoms with Crippen LogP contribution in [0, 0.1) is 5.92 Å². The molecule has 2 fully saturated rings. The third kappa shape index (κ3) is 1.97. The van der Waals surface area contributed by atoms with Crippen LogP contribution in [-0.4, -0.2) is 29.7 Å². The number of allylic oxidation sites excluding steroid dienone is 1. The normalized spacial score (nSPS) is 23.5. The molecule has 1 saturated carbocycles. The van der Waals surface area contributed by atoms with Crippen molar-refractivity contribution in [2.75, 3.05) is 13.1 Å². The fourth-order valence-corrected chi connectivity index (χ4v) is 1.46. The summed E-state index contributed by atoms with van der Waals surface area (Å²) in [5.74, 6) is 0.202. The van der Waals surface area contributed by atoms with Crippen molar-refractivity contribution >= 4 is 11.7 Å². The summed E-state index contributed by atoms with van der Waals surface area (Å²) in [6, 6.07) is 0. The molecule has 3 heteroatoms. The van der Waals surface area contributed by atoms with Crippen LogP contribution in [0.15, 0.2) is 12.2 Å². The lowest BCUT2D eigenvalue weighted by Gasteiger charge is -2.10. The number of hydrogen-bond donors (Lipinski definition) is 0. The molecule has 0 spiro atoms. The zero-order valence-corrected chi connectivity index (χ0v) is 7.53. The summed E-state index contributed by atoms with van der Waals surface area (Å²) >= 11 is 0. The number of ketones is 1. The van der Waals surface area contributed by atoms with Gasteiger partial charge in [-0.2, -0.15) is 0 Å². The van der Waals surface area contributed by atoms with Crippen LogP contribution in [0.2, 0.25) is 0 Å². The number of carbonyl (C=O) groups is 2. The fraction of sp³-hybridized carbons (Fsp3) is 0.600. The van der Waals surface area contributed by atoms with Gasteiger partial charge in [-0.25, -0.2) is 0 Å². The van der Waals surface area contributed by atoms with E-state index in [2.05, 4.69) is 6.08 Å². The molecule has 0 radical (unpaired) electrons. The number of amides is 1. The molecule has 3 nitrogen and oxygen atoms in total. The van der Waals surface area contributed by atoms with Gasteiger partial charge in [-0.15, -0.1) is 0 Å². The minimum atomic E-state index is -0.305. The Morgan fingerprint density at radius 1 is 1.38 bits per heavy atom. The topological polar surface area (TPSA) is 37.4 Å². The quantitative estimate of drug-likeness (QED) is 0.473. The Labute approximate surface area is 77.4 Å². The number of carbonyl (C=O) groups excluding carboxylic acids is 2. The molecule has 1 amide bonds. The van der Waals surface area contributed by atoms with Gasteiger partial charge in [-0.1, -0.05) is 12.2 Å². The number of rotatable bonds is 3. The van der Waals surface area contributed by atoms with Gasteiger partial charge in [-0.05, 0) is 18.8 Å². The van der Waals surface area contributed by atoms with E-state index < -0.39 is 0 Å². The van der Waals surface area contributed by atoms with Gasteiger partial charge in [0.15, 0.2) is 0 Å². The van der Waals surface area contributed by atoms with Gasteiger partial charge in [0, 0.05) is 19.5 Å². The van der Waals surface area contributed by atoms with Gasteiger partial charge in [0.1, 0.15) is 0 Å². The van der Waals surface area contributed by atoms with E-state index in [4.69, 9.17) is 0 Å². The molecule has 0 atom stereocenters. The largest absolute Gasteiger partial charge is 0.332 e. The molecule has 1 aliphatic heterocycles. The number of hydrogen-bond acceptors (Lipinski definition) is 2. The maximum absolute atomic E-state index is 11.1. The van der Waals surface area contributed by atoms with E-state index in [1.165, 1.54) is 12.8 Å². The molecule has 1 saturated heterocycles. The van der Waals surface area contributed by atoms with Crippen LogP contribution >= 0.6 is 0 Å². The Kier molecular flexibility index (Phi) is 2.17. The molecule has 2 aliphatic rings. The van der Waals surface area contributed by atoms with Crippen LogP contribution in [-0.2, 0) is 9.59 Å². The molecule has 1 aliphatic carbocycles. The van der Waals surface area contributed by atoms with Crippen molar-refractivity contribution in [1.29, 1.82) is 0 Å². The second-order valence-corrected chi connectivity index (χ2v) is 3.69. The molecule has 0 aromatic rings. The Morgan fingerprint density at radius 2 is 2.15 bits per heavy atom. The molecule has 2 rings (SSSR count). The lowest BCUT2D eigenvalue weighted by atomic mass is 10.3. The molecule has 70 valence electrons. The van der Waals surface area contributed by atoms with Crippen LogP contribution in [0.4, 0.5) is 0 Å². The van der Waals surface area contributed by atoms with E-state index in [0.717, 1.165) is 5.92 Å². The van der Waals surface area contributed by atoms with Crippen molar-refractivity contribution in [1.82, 2.24) is 4.90 Å². The van der Waals surface area contributed by atoms with Gasteiger partial charge in [0.05, 0.1) is 0 Å². The predicted molar refractivity (Wildman–Crippen MR) is 48.1 cm³/mol. The third-order valence-corrected chi connectivity index (χ3v) is 2.49. The summed E-state index contributed by atoms with van der Waals surface area (Å²) in [7, 11) is 0. The summed E-state index contributed by atoms with van der Waals surface area (Å²) in [5, 5.41) is 0. The van der Waals surface area contributed by atoms with Crippen molar-refractivity contribution in [2.45, 2.75) is 19.3 Å². The second kappa shape index (κ2) is 3.32. The molecular weight excluding hydrogens is 166 g/mol. The lowest BCUT2D eigenvalue weighted by molar-refractivity contribution is -0.139. The zero-order chi connectivity index (χ0) is 9.26. The Morgan fingerprint density at radius 3 is 2.69 bits per heavy atom. The zero-order valence-electron chi connectivity index (χ0n) is 7.53. The molecule has 0 N–H and O–H groups in total. The van der Waals surface area contributed by atoms with Crippen molar-refractivity contribution in [2.24, 2.45) is 5.92 Å². The van der Waals surface area contributed by atoms with Gasteiger partial charge in [-0.3, -0.25) is 9.59 Å². The second-order valence-electron chi connectivity index (χ2n) is 3.69. The molecule has 13 heavy (non-hydrogen) atoms. The Bertz CT molecular complexity index is 266. The van der Waals surface area contributed by atoms with Crippen LogP contribution in [0.1, 0.15) is 19.3 Å².